The van der Waals surface area contributed by atoms with E-state index in [9.17, 15) is 9.90 Å². The largest absolute Gasteiger partial charge is 0.394 e. The molecule has 1 aromatic heterocycles. The van der Waals surface area contributed by atoms with Gasteiger partial charge in [0.15, 0.2) is 0 Å². The molecule has 1 aliphatic rings. The molecule has 112 valence electrons. The average molecular weight is 307 g/mol. The van der Waals surface area contributed by atoms with Crippen molar-refractivity contribution in [2.75, 3.05) is 6.61 Å². The summed E-state index contributed by atoms with van der Waals surface area (Å²) in [6.07, 6.45) is 6.00. The van der Waals surface area contributed by atoms with Crippen LogP contribution < -0.4 is 5.32 Å². The van der Waals surface area contributed by atoms with Crippen LogP contribution in [0, 0.1) is 0 Å². The van der Waals surface area contributed by atoms with Crippen molar-refractivity contribution in [1.82, 2.24) is 10.3 Å². The van der Waals surface area contributed by atoms with Gasteiger partial charge in [0.05, 0.1) is 18.6 Å². The molecule has 3 rings (SSSR count). The highest BCUT2D eigenvalue weighted by Gasteiger charge is 2.34. The fourth-order valence-corrected chi connectivity index (χ4v) is 3.36. The molecule has 0 saturated heterocycles. The molecule has 1 saturated carbocycles. The predicted molar refractivity (Wildman–Crippen MR) is 83.4 cm³/mol. The Morgan fingerprint density at radius 3 is 2.86 bits per heavy atom. The van der Waals surface area contributed by atoms with Gasteiger partial charge >= 0.3 is 0 Å². The summed E-state index contributed by atoms with van der Waals surface area (Å²) < 4.78 is 0. The van der Waals surface area contributed by atoms with Crippen LogP contribution >= 0.6 is 11.6 Å². The fraction of sp³-hybridized carbons (Fsp3) is 0.438. The van der Waals surface area contributed by atoms with Crippen molar-refractivity contribution in [2.24, 2.45) is 0 Å². The molecule has 0 radical (unpaired) electrons. The van der Waals surface area contributed by atoms with Crippen LogP contribution in [0.1, 0.15) is 31.2 Å². The zero-order valence-electron chi connectivity index (χ0n) is 11.8. The lowest BCUT2D eigenvalue weighted by molar-refractivity contribution is -0.122. The number of benzene rings is 1. The molecule has 1 aromatic carbocycles. The smallest absolute Gasteiger partial charge is 0.225 e. The Morgan fingerprint density at radius 2 is 2.14 bits per heavy atom. The van der Waals surface area contributed by atoms with E-state index >= 15 is 0 Å². The van der Waals surface area contributed by atoms with E-state index in [1.807, 2.05) is 24.4 Å². The molecule has 0 unspecified atom stereocenters. The topological polar surface area (TPSA) is 65.1 Å². The maximum absolute atomic E-state index is 12.3. The van der Waals surface area contributed by atoms with Crippen LogP contribution in [-0.2, 0) is 11.2 Å². The standard InChI is InChI=1S/C16H19ClN2O2/c17-12-3-4-13-11(9-18-14(13)8-12)7-15(21)19-16(10-20)5-1-2-6-16/h3-4,8-9,18,20H,1-2,5-7,10H2,(H,19,21). The molecule has 1 aliphatic carbocycles. The number of aliphatic hydroxyl groups excluding tert-OH is 1. The maximum Gasteiger partial charge on any atom is 0.225 e. The molecule has 5 heteroatoms. The lowest BCUT2D eigenvalue weighted by atomic mass is 9.98. The molecular weight excluding hydrogens is 288 g/mol. The summed E-state index contributed by atoms with van der Waals surface area (Å²) in [5, 5.41) is 14.3. The van der Waals surface area contributed by atoms with E-state index in [4.69, 9.17) is 11.6 Å². The minimum absolute atomic E-state index is 0.0161. The lowest BCUT2D eigenvalue weighted by Gasteiger charge is -2.27. The van der Waals surface area contributed by atoms with E-state index in [-0.39, 0.29) is 12.5 Å². The Balaban J connectivity index is 1.74. The molecule has 0 atom stereocenters. The average Bonchev–Trinajstić information content (AvgIpc) is 3.07. The summed E-state index contributed by atoms with van der Waals surface area (Å²) in [7, 11) is 0. The highest BCUT2D eigenvalue weighted by atomic mass is 35.5. The molecule has 1 fully saturated rings. The Kier molecular flexibility index (Phi) is 3.91. The molecule has 0 spiro atoms. The number of aromatic amines is 1. The molecular formula is C16H19ClN2O2. The first-order valence-electron chi connectivity index (χ1n) is 7.29. The number of rotatable bonds is 4. The van der Waals surface area contributed by atoms with Crippen molar-refractivity contribution in [3.8, 4) is 0 Å². The molecule has 2 aromatic rings. The first kappa shape index (κ1) is 14.4. The number of hydrogen-bond donors (Lipinski definition) is 3. The van der Waals surface area contributed by atoms with Crippen LogP contribution in [0.15, 0.2) is 24.4 Å². The number of halogens is 1. The van der Waals surface area contributed by atoms with Crippen LogP contribution in [-0.4, -0.2) is 28.1 Å². The number of carbonyl (C=O) groups excluding carboxylic acids is 1. The van der Waals surface area contributed by atoms with E-state index < -0.39 is 5.54 Å². The van der Waals surface area contributed by atoms with Gasteiger partial charge in [-0.1, -0.05) is 30.5 Å². The van der Waals surface area contributed by atoms with E-state index in [0.29, 0.717) is 11.4 Å². The Bertz CT molecular complexity index is 659. The van der Waals surface area contributed by atoms with Gasteiger partial charge in [-0.05, 0) is 30.5 Å². The number of aromatic nitrogens is 1. The third-order valence-corrected chi connectivity index (χ3v) is 4.58. The Hall–Kier alpha value is -1.52. The molecule has 4 nitrogen and oxygen atoms in total. The SMILES string of the molecule is O=C(Cc1c[nH]c2cc(Cl)ccc12)NC1(CO)CCCC1. The Morgan fingerprint density at radius 1 is 1.38 bits per heavy atom. The summed E-state index contributed by atoms with van der Waals surface area (Å²) in [4.78, 5) is 15.4. The van der Waals surface area contributed by atoms with Gasteiger partial charge in [-0.2, -0.15) is 0 Å². The van der Waals surface area contributed by atoms with Gasteiger partial charge in [-0.3, -0.25) is 4.79 Å². The van der Waals surface area contributed by atoms with Gasteiger partial charge in [0.2, 0.25) is 5.91 Å². The number of aliphatic hydroxyl groups is 1. The number of nitrogens with one attached hydrogen (secondary N) is 2. The van der Waals surface area contributed by atoms with Crippen LogP contribution in [0.3, 0.4) is 0 Å². The van der Waals surface area contributed by atoms with Crippen molar-refractivity contribution in [3.63, 3.8) is 0 Å². The zero-order chi connectivity index (χ0) is 14.9. The van der Waals surface area contributed by atoms with Crippen molar-refractivity contribution in [1.29, 1.82) is 0 Å². The first-order valence-corrected chi connectivity index (χ1v) is 7.67. The van der Waals surface area contributed by atoms with Crippen molar-refractivity contribution in [2.45, 2.75) is 37.6 Å². The fourth-order valence-electron chi connectivity index (χ4n) is 3.19. The quantitative estimate of drug-likeness (QED) is 0.813. The zero-order valence-corrected chi connectivity index (χ0v) is 12.5. The third kappa shape index (κ3) is 2.92. The second-order valence-electron chi connectivity index (χ2n) is 5.87. The molecule has 21 heavy (non-hydrogen) atoms. The minimum Gasteiger partial charge on any atom is -0.394 e. The number of H-pyrrole nitrogens is 1. The van der Waals surface area contributed by atoms with Crippen LogP contribution in [0.5, 0.6) is 0 Å². The number of amides is 1. The number of fused-ring (bicyclic) bond motifs is 1. The normalized spacial score (nSPS) is 17.2. The summed E-state index contributed by atoms with van der Waals surface area (Å²) in [5.41, 5.74) is 1.47. The number of hydrogen-bond acceptors (Lipinski definition) is 2. The molecule has 0 aliphatic heterocycles. The van der Waals surface area contributed by atoms with Gasteiger partial charge < -0.3 is 15.4 Å². The van der Waals surface area contributed by atoms with Gasteiger partial charge in [-0.25, -0.2) is 0 Å². The summed E-state index contributed by atoms with van der Waals surface area (Å²) in [6, 6.07) is 5.60. The molecule has 0 bridgehead atoms. The second-order valence-corrected chi connectivity index (χ2v) is 6.31. The number of carbonyl (C=O) groups is 1. The van der Waals surface area contributed by atoms with Gasteiger partial charge in [0.25, 0.3) is 0 Å². The van der Waals surface area contributed by atoms with Crippen LogP contribution in [0.2, 0.25) is 5.02 Å². The Labute approximate surface area is 128 Å². The molecule has 3 N–H and O–H groups in total. The summed E-state index contributed by atoms with van der Waals surface area (Å²) in [6.45, 7) is 0.0161. The minimum atomic E-state index is -0.410. The van der Waals surface area contributed by atoms with Gasteiger partial charge in [-0.15, -0.1) is 0 Å². The van der Waals surface area contributed by atoms with Crippen LogP contribution in [0.4, 0.5) is 0 Å². The van der Waals surface area contributed by atoms with Crippen molar-refractivity contribution in [3.05, 3.63) is 35.0 Å². The summed E-state index contributed by atoms with van der Waals surface area (Å²) >= 11 is 5.96. The van der Waals surface area contributed by atoms with Gasteiger partial charge in [0.1, 0.15) is 0 Å². The monoisotopic (exact) mass is 306 g/mol. The van der Waals surface area contributed by atoms with Crippen LogP contribution in [0.25, 0.3) is 10.9 Å². The van der Waals surface area contributed by atoms with Gasteiger partial charge in [0, 0.05) is 22.1 Å². The third-order valence-electron chi connectivity index (χ3n) is 4.35. The van der Waals surface area contributed by atoms with Crippen molar-refractivity contribution >= 4 is 28.4 Å². The van der Waals surface area contributed by atoms with Crippen molar-refractivity contribution < 1.29 is 9.90 Å². The summed E-state index contributed by atoms with van der Waals surface area (Å²) in [5.74, 6) is -0.0400. The highest BCUT2D eigenvalue weighted by Crippen LogP contribution is 2.29. The second kappa shape index (κ2) is 5.70. The van der Waals surface area contributed by atoms with E-state index in [2.05, 4.69) is 10.3 Å². The lowest BCUT2D eigenvalue weighted by Crippen LogP contribution is -2.49. The van der Waals surface area contributed by atoms with E-state index in [1.54, 1.807) is 0 Å². The highest BCUT2D eigenvalue weighted by molar-refractivity contribution is 6.31. The van der Waals surface area contributed by atoms with E-state index in [0.717, 1.165) is 42.1 Å². The maximum atomic E-state index is 12.3. The first-order chi connectivity index (χ1) is 10.1. The molecule has 1 amide bonds. The predicted octanol–water partition coefficient (Wildman–Crippen LogP) is 2.79. The van der Waals surface area contributed by atoms with E-state index in [1.165, 1.54) is 0 Å². The molecule has 1 heterocycles.